The van der Waals surface area contributed by atoms with Gasteiger partial charge in [0.25, 0.3) is 5.91 Å². The molecule has 0 unspecified atom stereocenters. The molecule has 33 heavy (non-hydrogen) atoms. The van der Waals surface area contributed by atoms with E-state index >= 15 is 0 Å². The van der Waals surface area contributed by atoms with Crippen molar-refractivity contribution < 1.29 is 18.3 Å². The summed E-state index contributed by atoms with van der Waals surface area (Å²) in [5, 5.41) is 11.1. The van der Waals surface area contributed by atoms with Crippen LogP contribution in [0, 0.1) is 13.8 Å². The lowest BCUT2D eigenvalue weighted by Crippen LogP contribution is -2.32. The van der Waals surface area contributed by atoms with E-state index in [1.807, 2.05) is 30.8 Å². The Hall–Kier alpha value is -2.98. The summed E-state index contributed by atoms with van der Waals surface area (Å²) < 4.78 is 30.6. The van der Waals surface area contributed by atoms with Crippen molar-refractivity contribution in [2.24, 2.45) is 0 Å². The van der Waals surface area contributed by atoms with Gasteiger partial charge in [0.2, 0.25) is 0 Å². The van der Waals surface area contributed by atoms with E-state index in [0.717, 1.165) is 42.4 Å². The lowest BCUT2D eigenvalue weighted by atomic mass is 10.1. The number of nitrogens with zero attached hydrogens (tertiary/aromatic N) is 4. The molecular formula is C23H25F2N5O2S. The van der Waals surface area contributed by atoms with Crippen molar-refractivity contribution in [1.82, 2.24) is 19.9 Å². The Labute approximate surface area is 195 Å². The van der Waals surface area contributed by atoms with Gasteiger partial charge in [0.05, 0.1) is 11.4 Å². The Balaban J connectivity index is 1.48. The first kappa shape index (κ1) is 23.2. The molecule has 174 valence electrons. The molecule has 0 saturated carbocycles. The van der Waals surface area contributed by atoms with Crippen LogP contribution in [0.1, 0.15) is 27.3 Å². The Kier molecular flexibility index (Phi) is 7.24. The van der Waals surface area contributed by atoms with E-state index in [1.165, 1.54) is 22.4 Å². The van der Waals surface area contributed by atoms with Crippen LogP contribution in [0.15, 0.2) is 42.5 Å². The molecule has 7 nitrogen and oxygen atoms in total. The molecule has 1 aromatic heterocycles. The molecule has 0 spiro atoms. The number of aromatic nitrogens is 3. The number of amides is 1. The molecule has 1 amide bonds. The van der Waals surface area contributed by atoms with E-state index in [-0.39, 0.29) is 17.4 Å². The zero-order valence-corrected chi connectivity index (χ0v) is 19.2. The third kappa shape index (κ3) is 5.51. The molecule has 0 bridgehead atoms. The van der Waals surface area contributed by atoms with Gasteiger partial charge >= 0.3 is 6.61 Å². The highest BCUT2D eigenvalue weighted by Crippen LogP contribution is 2.23. The first-order valence-electron chi connectivity index (χ1n) is 10.6. The number of benzene rings is 2. The Bertz CT molecular complexity index is 1110. The summed E-state index contributed by atoms with van der Waals surface area (Å²) in [5.74, 6) is 1.98. The van der Waals surface area contributed by atoms with Crippen molar-refractivity contribution in [2.75, 3.05) is 29.9 Å². The highest BCUT2D eigenvalue weighted by Gasteiger charge is 2.19. The normalized spacial score (nSPS) is 14.5. The molecule has 1 saturated heterocycles. The Morgan fingerprint density at radius 1 is 1.15 bits per heavy atom. The highest BCUT2D eigenvalue weighted by atomic mass is 32.2. The van der Waals surface area contributed by atoms with Crippen LogP contribution in [0.3, 0.4) is 0 Å². The average molecular weight is 474 g/mol. The third-order valence-corrected chi connectivity index (χ3v) is 6.55. The largest absolute Gasteiger partial charge is 0.435 e. The molecule has 3 aromatic rings. The Morgan fingerprint density at radius 3 is 2.58 bits per heavy atom. The Morgan fingerprint density at radius 2 is 1.88 bits per heavy atom. The second-order valence-corrected chi connectivity index (χ2v) is 8.96. The molecule has 1 fully saturated rings. The van der Waals surface area contributed by atoms with Crippen LogP contribution in [-0.4, -0.2) is 57.0 Å². The van der Waals surface area contributed by atoms with Gasteiger partial charge in [-0.15, -0.1) is 5.10 Å². The molecule has 1 N–H and O–H groups in total. The molecule has 0 atom stereocenters. The van der Waals surface area contributed by atoms with Gasteiger partial charge in [-0.05, 0) is 55.3 Å². The van der Waals surface area contributed by atoms with Gasteiger partial charge in [0, 0.05) is 36.8 Å². The second kappa shape index (κ2) is 10.3. The summed E-state index contributed by atoms with van der Waals surface area (Å²) in [6.07, 6.45) is 0. The SMILES string of the molecule is Cc1c(CN2CCSCC2)cccc1NC(=O)c1nnn(-c2ccc(OC(F)F)cc2)c1C. The fraction of sp³-hybridized carbons (Fsp3) is 0.348. The predicted molar refractivity (Wildman–Crippen MR) is 124 cm³/mol. The number of carbonyl (C=O) groups is 1. The molecule has 4 rings (SSSR count). The number of rotatable bonds is 7. The van der Waals surface area contributed by atoms with E-state index in [4.69, 9.17) is 0 Å². The van der Waals surface area contributed by atoms with E-state index in [1.54, 1.807) is 19.1 Å². The molecule has 1 aliphatic rings. The number of ether oxygens (including phenoxy) is 1. The smallest absolute Gasteiger partial charge is 0.387 e. The van der Waals surface area contributed by atoms with Gasteiger partial charge in [0.15, 0.2) is 5.69 Å². The molecular weight excluding hydrogens is 448 g/mol. The maximum atomic E-state index is 13.0. The number of nitrogens with one attached hydrogen (secondary N) is 1. The zero-order valence-electron chi connectivity index (χ0n) is 18.4. The van der Waals surface area contributed by atoms with Crippen molar-refractivity contribution >= 4 is 23.4 Å². The minimum atomic E-state index is -2.89. The fourth-order valence-corrected chi connectivity index (χ4v) is 4.70. The number of hydrogen-bond acceptors (Lipinski definition) is 6. The highest BCUT2D eigenvalue weighted by molar-refractivity contribution is 7.99. The van der Waals surface area contributed by atoms with Crippen LogP contribution in [0.5, 0.6) is 5.75 Å². The summed E-state index contributed by atoms with van der Waals surface area (Å²) in [5.41, 5.74) is 4.27. The van der Waals surface area contributed by atoms with E-state index < -0.39 is 6.61 Å². The lowest BCUT2D eigenvalue weighted by Gasteiger charge is -2.27. The van der Waals surface area contributed by atoms with Crippen LogP contribution < -0.4 is 10.1 Å². The summed E-state index contributed by atoms with van der Waals surface area (Å²) in [4.78, 5) is 15.4. The second-order valence-electron chi connectivity index (χ2n) is 7.74. The third-order valence-electron chi connectivity index (χ3n) is 5.61. The van der Waals surface area contributed by atoms with Gasteiger partial charge in [0.1, 0.15) is 5.75 Å². The number of carbonyl (C=O) groups excluding carboxylic acids is 1. The molecule has 10 heteroatoms. The van der Waals surface area contributed by atoms with Crippen molar-refractivity contribution in [3.8, 4) is 11.4 Å². The van der Waals surface area contributed by atoms with E-state index in [2.05, 4.69) is 31.3 Å². The maximum absolute atomic E-state index is 13.0. The first-order chi connectivity index (χ1) is 15.9. The lowest BCUT2D eigenvalue weighted by molar-refractivity contribution is -0.0498. The average Bonchev–Trinajstić information content (AvgIpc) is 3.19. The summed E-state index contributed by atoms with van der Waals surface area (Å²) in [6.45, 7) is 3.85. The standard InChI is InChI=1S/C23H25F2N5O2S/c1-15-17(14-29-10-12-33-13-11-29)4-3-5-20(15)26-22(31)21-16(2)30(28-27-21)18-6-8-19(9-7-18)32-23(24)25/h3-9,23H,10-14H2,1-2H3,(H,26,31). The number of alkyl halides is 2. The van der Waals surface area contributed by atoms with Gasteiger partial charge in [-0.2, -0.15) is 20.5 Å². The number of anilines is 1. The monoisotopic (exact) mass is 473 g/mol. The molecule has 1 aliphatic heterocycles. The fourth-order valence-electron chi connectivity index (χ4n) is 3.72. The van der Waals surface area contributed by atoms with Crippen LogP contribution in [0.4, 0.5) is 14.5 Å². The van der Waals surface area contributed by atoms with Gasteiger partial charge in [-0.25, -0.2) is 4.68 Å². The van der Waals surface area contributed by atoms with Crippen LogP contribution in [0.25, 0.3) is 5.69 Å². The topological polar surface area (TPSA) is 72.3 Å². The first-order valence-corrected chi connectivity index (χ1v) is 11.8. The summed E-state index contributed by atoms with van der Waals surface area (Å²) in [6, 6.07) is 11.9. The summed E-state index contributed by atoms with van der Waals surface area (Å²) >= 11 is 1.98. The van der Waals surface area contributed by atoms with Crippen molar-refractivity contribution in [3.63, 3.8) is 0 Å². The van der Waals surface area contributed by atoms with Gasteiger partial charge in [-0.3, -0.25) is 9.69 Å². The van der Waals surface area contributed by atoms with Gasteiger partial charge in [-0.1, -0.05) is 17.3 Å². The quantitative estimate of drug-likeness (QED) is 0.552. The maximum Gasteiger partial charge on any atom is 0.387 e. The van der Waals surface area contributed by atoms with Crippen molar-refractivity contribution in [2.45, 2.75) is 27.0 Å². The van der Waals surface area contributed by atoms with Crippen LogP contribution in [0.2, 0.25) is 0 Å². The number of thioether (sulfide) groups is 1. The van der Waals surface area contributed by atoms with Crippen LogP contribution >= 0.6 is 11.8 Å². The van der Waals surface area contributed by atoms with Crippen molar-refractivity contribution in [3.05, 3.63) is 65.0 Å². The molecule has 0 aliphatic carbocycles. The summed E-state index contributed by atoms with van der Waals surface area (Å²) in [7, 11) is 0. The van der Waals surface area contributed by atoms with E-state index in [9.17, 15) is 13.6 Å². The van der Waals surface area contributed by atoms with Gasteiger partial charge < -0.3 is 10.1 Å². The van der Waals surface area contributed by atoms with Crippen molar-refractivity contribution in [1.29, 1.82) is 0 Å². The molecule has 2 heterocycles. The number of halogens is 2. The molecule has 0 radical (unpaired) electrons. The number of hydrogen-bond donors (Lipinski definition) is 1. The minimum absolute atomic E-state index is 0.0446. The van der Waals surface area contributed by atoms with Crippen LogP contribution in [-0.2, 0) is 6.54 Å². The molecule has 2 aromatic carbocycles. The predicted octanol–water partition coefficient (Wildman–Crippen LogP) is 4.29. The van der Waals surface area contributed by atoms with E-state index in [0.29, 0.717) is 11.4 Å². The minimum Gasteiger partial charge on any atom is -0.435 e. The zero-order chi connectivity index (χ0) is 23.4.